The third-order valence-electron chi connectivity index (χ3n) is 6.46. The number of carbonyl (C=O) groups excluding carboxylic acids is 1. The summed E-state index contributed by atoms with van der Waals surface area (Å²) in [7, 11) is 0. The Morgan fingerprint density at radius 1 is 0.944 bits per heavy atom. The van der Waals surface area contributed by atoms with Crippen LogP contribution in [0.3, 0.4) is 0 Å². The van der Waals surface area contributed by atoms with Crippen LogP contribution in [0.4, 0.5) is 18.9 Å². The number of carbonyl (C=O) groups is 2. The monoisotopic (exact) mass is 493 g/mol. The van der Waals surface area contributed by atoms with Gasteiger partial charge in [-0.3, -0.25) is 4.79 Å². The summed E-state index contributed by atoms with van der Waals surface area (Å²) >= 11 is 0. The molecule has 0 saturated heterocycles. The van der Waals surface area contributed by atoms with E-state index in [4.69, 9.17) is 4.98 Å². The molecule has 1 heterocycles. The minimum absolute atomic E-state index is 0.0413. The molecule has 0 radical (unpaired) electrons. The van der Waals surface area contributed by atoms with Crippen LogP contribution in [0.1, 0.15) is 58.0 Å². The molecular formula is C27H22F3N3O3. The van der Waals surface area contributed by atoms with Gasteiger partial charge in [-0.05, 0) is 61.4 Å². The predicted octanol–water partition coefficient (Wildman–Crippen LogP) is 6.79. The maximum atomic E-state index is 13.0. The smallest absolute Gasteiger partial charge is 0.416 e. The van der Waals surface area contributed by atoms with Gasteiger partial charge in [-0.15, -0.1) is 0 Å². The average molecular weight is 493 g/mol. The molecule has 6 nitrogen and oxygen atoms in total. The molecule has 184 valence electrons. The molecule has 5 rings (SSSR count). The number of carboxylic acid groups (broad SMARTS) is 1. The van der Waals surface area contributed by atoms with Crippen molar-refractivity contribution in [3.05, 3.63) is 83.4 Å². The lowest BCUT2D eigenvalue weighted by Crippen LogP contribution is -2.13. The van der Waals surface area contributed by atoms with E-state index in [1.807, 2.05) is 6.07 Å². The standard InChI is InChI=1S/C27H22F3N3O3/c28-27(29,30)19-7-4-8-20(15-19)31-25(34)17-6-3-5-16(13-17)24-32-22-14-18(26(35)36)11-12-23(22)33(24)21-9-1-2-10-21/h3-8,11-15,21H,1-2,9-10H2,(H,31,34)(H,35,36). The summed E-state index contributed by atoms with van der Waals surface area (Å²) in [5.74, 6) is -0.969. The van der Waals surface area contributed by atoms with E-state index < -0.39 is 23.6 Å². The van der Waals surface area contributed by atoms with Gasteiger partial charge in [0.1, 0.15) is 5.82 Å². The van der Waals surface area contributed by atoms with Crippen LogP contribution in [0, 0.1) is 0 Å². The molecule has 1 aliphatic carbocycles. The number of hydrogen-bond acceptors (Lipinski definition) is 3. The molecule has 0 atom stereocenters. The first-order valence-corrected chi connectivity index (χ1v) is 11.5. The van der Waals surface area contributed by atoms with Crippen molar-refractivity contribution in [2.24, 2.45) is 0 Å². The number of rotatable bonds is 5. The first-order chi connectivity index (χ1) is 17.2. The second kappa shape index (κ2) is 9.14. The van der Waals surface area contributed by atoms with Crippen LogP contribution in [0.5, 0.6) is 0 Å². The van der Waals surface area contributed by atoms with Crippen LogP contribution < -0.4 is 5.32 Å². The van der Waals surface area contributed by atoms with Gasteiger partial charge in [0.25, 0.3) is 5.91 Å². The quantitative estimate of drug-likeness (QED) is 0.321. The second-order valence-corrected chi connectivity index (χ2v) is 8.87. The molecule has 1 aliphatic rings. The first kappa shape index (κ1) is 23.6. The first-order valence-electron chi connectivity index (χ1n) is 11.5. The maximum absolute atomic E-state index is 13.0. The van der Waals surface area contributed by atoms with Crippen molar-refractivity contribution < 1.29 is 27.9 Å². The largest absolute Gasteiger partial charge is 0.478 e. The van der Waals surface area contributed by atoms with Crippen LogP contribution in [0.2, 0.25) is 0 Å². The van der Waals surface area contributed by atoms with Gasteiger partial charge in [-0.25, -0.2) is 9.78 Å². The number of aromatic carboxylic acids is 1. The Hall–Kier alpha value is -4.14. The molecule has 0 spiro atoms. The summed E-state index contributed by atoms with van der Waals surface area (Å²) in [5, 5.41) is 11.9. The van der Waals surface area contributed by atoms with Gasteiger partial charge in [0.2, 0.25) is 0 Å². The molecule has 1 saturated carbocycles. The maximum Gasteiger partial charge on any atom is 0.416 e. The molecule has 3 aromatic carbocycles. The highest BCUT2D eigenvalue weighted by Crippen LogP contribution is 2.37. The van der Waals surface area contributed by atoms with E-state index in [2.05, 4.69) is 9.88 Å². The Morgan fingerprint density at radius 3 is 2.42 bits per heavy atom. The van der Waals surface area contributed by atoms with E-state index in [-0.39, 0.29) is 22.9 Å². The van der Waals surface area contributed by atoms with E-state index in [0.29, 0.717) is 16.9 Å². The minimum Gasteiger partial charge on any atom is -0.478 e. The van der Waals surface area contributed by atoms with Gasteiger partial charge < -0.3 is 15.0 Å². The summed E-state index contributed by atoms with van der Waals surface area (Å²) in [6.07, 6.45) is -0.420. The zero-order valence-corrected chi connectivity index (χ0v) is 19.0. The number of carboxylic acids is 1. The summed E-state index contributed by atoms with van der Waals surface area (Å²) in [4.78, 5) is 29.1. The fourth-order valence-electron chi connectivity index (χ4n) is 4.74. The van der Waals surface area contributed by atoms with Crippen molar-refractivity contribution in [1.82, 2.24) is 9.55 Å². The number of amides is 1. The van der Waals surface area contributed by atoms with E-state index in [1.54, 1.807) is 30.3 Å². The van der Waals surface area contributed by atoms with E-state index in [9.17, 15) is 27.9 Å². The van der Waals surface area contributed by atoms with Gasteiger partial charge in [0, 0.05) is 22.9 Å². The topological polar surface area (TPSA) is 84.2 Å². The Bertz CT molecular complexity index is 1470. The molecule has 4 aromatic rings. The molecule has 9 heteroatoms. The number of benzene rings is 3. The number of halogens is 3. The Morgan fingerprint density at radius 2 is 1.69 bits per heavy atom. The lowest BCUT2D eigenvalue weighted by Gasteiger charge is -2.17. The zero-order chi connectivity index (χ0) is 25.4. The van der Waals surface area contributed by atoms with E-state index in [0.717, 1.165) is 43.3 Å². The number of nitrogens with one attached hydrogen (secondary N) is 1. The molecule has 0 bridgehead atoms. The van der Waals surface area contributed by atoms with Crippen molar-refractivity contribution in [2.75, 3.05) is 5.32 Å². The molecule has 2 N–H and O–H groups in total. The van der Waals surface area contributed by atoms with Crippen LogP contribution in [0.25, 0.3) is 22.4 Å². The summed E-state index contributed by atoms with van der Waals surface area (Å²) in [6.45, 7) is 0. The molecular weight excluding hydrogens is 471 g/mol. The summed E-state index contributed by atoms with van der Waals surface area (Å²) in [5.41, 5.74) is 1.63. The Labute approximate surface area is 204 Å². The van der Waals surface area contributed by atoms with Gasteiger partial charge in [-0.2, -0.15) is 13.2 Å². The minimum atomic E-state index is -4.51. The fourth-order valence-corrected chi connectivity index (χ4v) is 4.74. The number of hydrogen-bond donors (Lipinski definition) is 2. The van der Waals surface area contributed by atoms with Crippen LogP contribution in [0.15, 0.2) is 66.7 Å². The van der Waals surface area contributed by atoms with E-state index >= 15 is 0 Å². The third-order valence-corrected chi connectivity index (χ3v) is 6.46. The highest BCUT2D eigenvalue weighted by Gasteiger charge is 2.30. The van der Waals surface area contributed by atoms with Crippen molar-refractivity contribution in [3.63, 3.8) is 0 Å². The summed E-state index contributed by atoms with van der Waals surface area (Å²) in [6, 6.07) is 16.3. The second-order valence-electron chi connectivity index (χ2n) is 8.87. The van der Waals surface area contributed by atoms with Crippen LogP contribution >= 0.6 is 0 Å². The molecule has 1 amide bonds. The molecule has 0 aliphatic heterocycles. The zero-order valence-electron chi connectivity index (χ0n) is 19.0. The Balaban J connectivity index is 1.52. The van der Waals surface area contributed by atoms with Crippen molar-refractivity contribution in [2.45, 2.75) is 37.9 Å². The highest BCUT2D eigenvalue weighted by atomic mass is 19.4. The molecule has 1 fully saturated rings. The molecule has 1 aromatic heterocycles. The normalized spacial score (nSPS) is 14.3. The number of alkyl halides is 3. The molecule has 36 heavy (non-hydrogen) atoms. The number of nitrogens with zero attached hydrogens (tertiary/aromatic N) is 2. The SMILES string of the molecule is O=C(O)c1ccc2c(c1)nc(-c1cccc(C(=O)Nc3cccc(C(F)(F)F)c3)c1)n2C1CCCC1. The van der Waals surface area contributed by atoms with Gasteiger partial charge >= 0.3 is 12.1 Å². The average Bonchev–Trinajstić information content (AvgIpc) is 3.51. The van der Waals surface area contributed by atoms with Crippen LogP contribution in [-0.2, 0) is 6.18 Å². The number of fused-ring (bicyclic) bond motifs is 1. The third kappa shape index (κ3) is 4.56. The lowest BCUT2D eigenvalue weighted by atomic mass is 10.1. The lowest BCUT2D eigenvalue weighted by molar-refractivity contribution is -0.137. The summed E-state index contributed by atoms with van der Waals surface area (Å²) < 4.78 is 41.2. The number of anilines is 1. The predicted molar refractivity (Wildman–Crippen MR) is 129 cm³/mol. The van der Waals surface area contributed by atoms with Crippen molar-refractivity contribution in [3.8, 4) is 11.4 Å². The highest BCUT2D eigenvalue weighted by molar-refractivity contribution is 6.05. The fraction of sp³-hybridized carbons (Fsp3) is 0.222. The van der Waals surface area contributed by atoms with E-state index in [1.165, 1.54) is 18.2 Å². The number of imidazole rings is 1. The number of aromatic nitrogens is 2. The van der Waals surface area contributed by atoms with Gasteiger partial charge in [-0.1, -0.05) is 31.0 Å². The van der Waals surface area contributed by atoms with Crippen molar-refractivity contribution >= 4 is 28.6 Å². The van der Waals surface area contributed by atoms with Gasteiger partial charge in [0.15, 0.2) is 0 Å². The Kier molecular flexibility index (Phi) is 5.99. The van der Waals surface area contributed by atoms with Crippen molar-refractivity contribution in [1.29, 1.82) is 0 Å². The van der Waals surface area contributed by atoms with Crippen LogP contribution in [-0.4, -0.2) is 26.5 Å². The molecule has 0 unspecified atom stereocenters. The van der Waals surface area contributed by atoms with Gasteiger partial charge in [0.05, 0.1) is 22.2 Å².